The van der Waals surface area contributed by atoms with Gasteiger partial charge in [0.15, 0.2) is 0 Å². The van der Waals surface area contributed by atoms with Gasteiger partial charge in [-0.25, -0.2) is 4.98 Å². The van der Waals surface area contributed by atoms with Crippen molar-refractivity contribution in [1.29, 1.82) is 0 Å². The van der Waals surface area contributed by atoms with E-state index in [0.717, 1.165) is 15.2 Å². The summed E-state index contributed by atoms with van der Waals surface area (Å²) in [6.07, 6.45) is 0. The lowest BCUT2D eigenvalue weighted by molar-refractivity contribution is 0.0781. The van der Waals surface area contributed by atoms with Crippen LogP contribution in [0.25, 0.3) is 10.2 Å². The number of thiazole rings is 1. The maximum atomic E-state index is 12.6. The Morgan fingerprint density at radius 2 is 1.91 bits per heavy atom. The highest BCUT2D eigenvalue weighted by Gasteiger charge is 2.17. The fourth-order valence-electron chi connectivity index (χ4n) is 2.29. The van der Waals surface area contributed by atoms with E-state index in [-0.39, 0.29) is 5.91 Å². The number of ether oxygens (including phenoxy) is 1. The molecule has 0 aliphatic carbocycles. The van der Waals surface area contributed by atoms with E-state index >= 15 is 0 Å². The third-order valence-electron chi connectivity index (χ3n) is 3.39. The summed E-state index contributed by atoms with van der Waals surface area (Å²) in [4.78, 5) is 18.8. The number of hydrogen-bond acceptors (Lipinski definition) is 4. The van der Waals surface area contributed by atoms with Crippen molar-refractivity contribution in [2.75, 3.05) is 14.2 Å². The summed E-state index contributed by atoms with van der Waals surface area (Å²) in [5.41, 5.74) is 1.54. The van der Waals surface area contributed by atoms with Gasteiger partial charge in [-0.2, -0.15) is 0 Å². The number of hydrogen-bond donors (Lipinski definition) is 0. The number of methoxy groups -OCH3 is 1. The van der Waals surface area contributed by atoms with Gasteiger partial charge in [-0.15, -0.1) is 11.3 Å². The normalized spacial score (nSPS) is 10.6. The van der Waals surface area contributed by atoms with Crippen LogP contribution in [0.5, 0.6) is 5.75 Å². The fourth-order valence-corrected chi connectivity index (χ4v) is 3.31. The molecule has 3 rings (SSSR count). The van der Waals surface area contributed by atoms with Crippen molar-refractivity contribution < 1.29 is 9.53 Å². The van der Waals surface area contributed by atoms with Crippen molar-refractivity contribution in [2.45, 2.75) is 6.54 Å². The summed E-state index contributed by atoms with van der Waals surface area (Å²) in [7, 11) is 3.35. The minimum Gasteiger partial charge on any atom is -0.496 e. The lowest BCUT2D eigenvalue weighted by atomic mass is 10.2. The molecular formula is C17H16N2O2S. The molecule has 0 unspecified atom stereocenters. The molecule has 0 aliphatic heterocycles. The van der Waals surface area contributed by atoms with Crippen LogP contribution in [0, 0.1) is 0 Å². The Kier molecular flexibility index (Phi) is 4.06. The Bertz CT molecular complexity index is 780. The molecule has 0 N–H and O–H groups in total. The number of para-hydroxylation sites is 2. The second-order valence-electron chi connectivity index (χ2n) is 4.94. The number of nitrogens with zero attached hydrogens (tertiary/aromatic N) is 2. The van der Waals surface area contributed by atoms with E-state index in [1.54, 1.807) is 42.5 Å². The van der Waals surface area contributed by atoms with Crippen LogP contribution < -0.4 is 4.74 Å². The molecular weight excluding hydrogens is 296 g/mol. The second-order valence-corrected chi connectivity index (χ2v) is 6.05. The molecule has 1 aromatic heterocycles. The van der Waals surface area contributed by atoms with Crippen molar-refractivity contribution in [3.63, 3.8) is 0 Å². The fraction of sp³-hybridized carbons (Fsp3) is 0.176. The van der Waals surface area contributed by atoms with Gasteiger partial charge < -0.3 is 9.64 Å². The summed E-state index contributed by atoms with van der Waals surface area (Å²) in [6.45, 7) is 0.482. The highest BCUT2D eigenvalue weighted by atomic mass is 32.1. The van der Waals surface area contributed by atoms with E-state index in [9.17, 15) is 4.79 Å². The van der Waals surface area contributed by atoms with Crippen LogP contribution in [0.3, 0.4) is 0 Å². The molecule has 0 radical (unpaired) electrons. The Balaban J connectivity index is 1.81. The number of carbonyl (C=O) groups is 1. The van der Waals surface area contributed by atoms with Crippen molar-refractivity contribution in [1.82, 2.24) is 9.88 Å². The smallest absolute Gasteiger partial charge is 0.257 e. The predicted molar refractivity (Wildman–Crippen MR) is 88.4 cm³/mol. The molecule has 0 saturated carbocycles. The highest BCUT2D eigenvalue weighted by molar-refractivity contribution is 7.18. The minimum atomic E-state index is -0.0725. The SMILES string of the molecule is COc1ccccc1C(=O)N(C)Cc1nc2ccccc2s1. The zero-order chi connectivity index (χ0) is 15.5. The van der Waals surface area contributed by atoms with Crippen molar-refractivity contribution >= 4 is 27.5 Å². The Morgan fingerprint density at radius 3 is 2.68 bits per heavy atom. The summed E-state index contributed by atoms with van der Waals surface area (Å²) in [6, 6.07) is 15.2. The van der Waals surface area contributed by atoms with Crippen LogP contribution in [0.2, 0.25) is 0 Å². The van der Waals surface area contributed by atoms with Crippen LogP contribution in [-0.4, -0.2) is 29.9 Å². The van der Waals surface area contributed by atoms with Crippen LogP contribution in [0.4, 0.5) is 0 Å². The Hall–Kier alpha value is -2.40. The third-order valence-corrected chi connectivity index (χ3v) is 4.42. The number of carbonyl (C=O) groups excluding carboxylic acids is 1. The quantitative estimate of drug-likeness (QED) is 0.739. The molecule has 22 heavy (non-hydrogen) atoms. The third kappa shape index (κ3) is 2.80. The number of aromatic nitrogens is 1. The average molecular weight is 312 g/mol. The molecule has 5 heteroatoms. The van der Waals surface area contributed by atoms with Crippen molar-refractivity contribution in [3.8, 4) is 5.75 Å². The molecule has 0 saturated heterocycles. The first kappa shape index (κ1) is 14.5. The van der Waals surface area contributed by atoms with E-state index in [2.05, 4.69) is 4.98 Å². The van der Waals surface area contributed by atoms with E-state index in [0.29, 0.717) is 17.9 Å². The van der Waals surface area contributed by atoms with Crippen LogP contribution >= 0.6 is 11.3 Å². The van der Waals surface area contributed by atoms with Crippen LogP contribution in [0.15, 0.2) is 48.5 Å². The summed E-state index contributed by atoms with van der Waals surface area (Å²) in [5.74, 6) is 0.514. The molecule has 4 nitrogen and oxygen atoms in total. The minimum absolute atomic E-state index is 0.0725. The molecule has 112 valence electrons. The molecule has 0 bridgehead atoms. The first-order chi connectivity index (χ1) is 10.7. The zero-order valence-electron chi connectivity index (χ0n) is 12.4. The molecule has 1 heterocycles. The zero-order valence-corrected chi connectivity index (χ0v) is 13.3. The molecule has 0 spiro atoms. The monoisotopic (exact) mass is 312 g/mol. The lowest BCUT2D eigenvalue weighted by Gasteiger charge is -2.17. The Labute approximate surface area is 133 Å². The van der Waals surface area contributed by atoms with Gasteiger partial charge in [0.25, 0.3) is 5.91 Å². The molecule has 3 aromatic rings. The average Bonchev–Trinajstić information content (AvgIpc) is 2.96. The summed E-state index contributed by atoms with van der Waals surface area (Å²) in [5, 5.41) is 0.923. The first-order valence-electron chi connectivity index (χ1n) is 6.92. The van der Waals surface area contributed by atoms with E-state index in [1.165, 1.54) is 0 Å². The topological polar surface area (TPSA) is 42.4 Å². The summed E-state index contributed by atoms with van der Waals surface area (Å²) < 4.78 is 6.39. The first-order valence-corrected chi connectivity index (χ1v) is 7.73. The standard InChI is InChI=1S/C17H16N2O2S/c1-19(17(20)12-7-3-5-9-14(12)21-2)11-16-18-13-8-4-6-10-15(13)22-16/h3-10H,11H2,1-2H3. The van der Waals surface area contributed by atoms with Gasteiger partial charge in [0.1, 0.15) is 10.8 Å². The van der Waals surface area contributed by atoms with E-state index in [4.69, 9.17) is 4.74 Å². The molecule has 1 amide bonds. The van der Waals surface area contributed by atoms with Gasteiger partial charge in [-0.1, -0.05) is 24.3 Å². The predicted octanol–water partition coefficient (Wildman–Crippen LogP) is 3.58. The van der Waals surface area contributed by atoms with Crippen molar-refractivity contribution in [3.05, 3.63) is 59.1 Å². The van der Waals surface area contributed by atoms with Gasteiger partial charge in [0, 0.05) is 7.05 Å². The number of amides is 1. The van der Waals surface area contributed by atoms with Gasteiger partial charge in [-0.3, -0.25) is 4.79 Å². The van der Waals surface area contributed by atoms with E-state index < -0.39 is 0 Å². The molecule has 2 aromatic carbocycles. The number of benzene rings is 2. The maximum Gasteiger partial charge on any atom is 0.257 e. The lowest BCUT2D eigenvalue weighted by Crippen LogP contribution is -2.26. The van der Waals surface area contributed by atoms with Gasteiger partial charge in [0.05, 0.1) is 29.4 Å². The second kappa shape index (κ2) is 6.15. The number of rotatable bonds is 4. The van der Waals surface area contributed by atoms with Gasteiger partial charge in [0.2, 0.25) is 0 Å². The number of fused-ring (bicyclic) bond motifs is 1. The molecule has 0 atom stereocenters. The van der Waals surface area contributed by atoms with Crippen LogP contribution in [-0.2, 0) is 6.54 Å². The van der Waals surface area contributed by atoms with Gasteiger partial charge in [-0.05, 0) is 24.3 Å². The van der Waals surface area contributed by atoms with Crippen molar-refractivity contribution in [2.24, 2.45) is 0 Å². The molecule has 0 aliphatic rings. The van der Waals surface area contributed by atoms with Crippen LogP contribution in [0.1, 0.15) is 15.4 Å². The maximum absolute atomic E-state index is 12.6. The van der Waals surface area contributed by atoms with Gasteiger partial charge >= 0.3 is 0 Å². The largest absolute Gasteiger partial charge is 0.496 e. The summed E-state index contributed by atoms with van der Waals surface area (Å²) >= 11 is 1.61. The molecule has 0 fully saturated rings. The van der Waals surface area contributed by atoms with E-state index in [1.807, 2.05) is 36.4 Å². The Morgan fingerprint density at radius 1 is 1.18 bits per heavy atom. The highest BCUT2D eigenvalue weighted by Crippen LogP contribution is 2.24.